The van der Waals surface area contributed by atoms with Crippen molar-refractivity contribution in [3.8, 4) is 0 Å². The Morgan fingerprint density at radius 2 is 1.72 bits per heavy atom. The maximum Gasteiger partial charge on any atom is 0.168 e. The van der Waals surface area contributed by atoms with Gasteiger partial charge in [-0.25, -0.2) is 0 Å². The molecule has 18 heavy (non-hydrogen) atoms. The second kappa shape index (κ2) is 4.93. The molecular formula is C17H20O. The standard InChI is InChI=1S/C17H20O/c1-17(2,3)16(18)15-11-9-14(10-12-15)13-7-5-4-6-8-13/h5,7-12H,4,6H2,1-3H3. The molecule has 0 radical (unpaired) electrons. The van der Waals surface area contributed by atoms with Gasteiger partial charge in [0.05, 0.1) is 0 Å². The topological polar surface area (TPSA) is 17.1 Å². The van der Waals surface area contributed by atoms with Crippen LogP contribution in [-0.2, 0) is 0 Å². The summed E-state index contributed by atoms with van der Waals surface area (Å²) >= 11 is 0. The van der Waals surface area contributed by atoms with Crippen LogP contribution in [0.5, 0.6) is 0 Å². The molecule has 0 heterocycles. The molecule has 0 aliphatic heterocycles. The van der Waals surface area contributed by atoms with Crippen LogP contribution in [0.2, 0.25) is 0 Å². The number of benzene rings is 1. The predicted molar refractivity (Wildman–Crippen MR) is 76.6 cm³/mol. The van der Waals surface area contributed by atoms with Gasteiger partial charge in [0, 0.05) is 11.0 Å². The van der Waals surface area contributed by atoms with E-state index >= 15 is 0 Å². The van der Waals surface area contributed by atoms with E-state index < -0.39 is 0 Å². The van der Waals surface area contributed by atoms with Crippen LogP contribution in [0, 0.1) is 5.41 Å². The zero-order chi connectivity index (χ0) is 13.2. The summed E-state index contributed by atoms with van der Waals surface area (Å²) in [6.45, 7) is 5.86. The predicted octanol–water partition coefficient (Wildman–Crippen LogP) is 4.65. The normalized spacial score (nSPS) is 15.4. The lowest BCUT2D eigenvalue weighted by molar-refractivity contribution is 0.0858. The van der Waals surface area contributed by atoms with Crippen LogP contribution < -0.4 is 0 Å². The number of carbonyl (C=O) groups is 1. The minimum atomic E-state index is -0.314. The van der Waals surface area contributed by atoms with E-state index in [1.807, 2.05) is 45.0 Å². The summed E-state index contributed by atoms with van der Waals surface area (Å²) in [5.41, 5.74) is 2.94. The van der Waals surface area contributed by atoms with Gasteiger partial charge in [0.1, 0.15) is 0 Å². The molecule has 94 valence electrons. The van der Waals surface area contributed by atoms with Crippen LogP contribution in [0.25, 0.3) is 5.57 Å². The maximum absolute atomic E-state index is 12.1. The summed E-state index contributed by atoms with van der Waals surface area (Å²) in [7, 11) is 0. The number of Topliss-reactive ketones (excluding diaryl/α,β-unsaturated/α-hetero) is 1. The Kier molecular flexibility index (Phi) is 3.51. The molecule has 0 saturated heterocycles. The number of hydrogen-bond acceptors (Lipinski definition) is 1. The molecule has 1 aromatic rings. The Labute approximate surface area is 109 Å². The fourth-order valence-electron chi connectivity index (χ4n) is 2.07. The van der Waals surface area contributed by atoms with Crippen molar-refractivity contribution in [1.82, 2.24) is 0 Å². The number of hydrogen-bond donors (Lipinski definition) is 0. The molecule has 0 spiro atoms. The van der Waals surface area contributed by atoms with Crippen molar-refractivity contribution in [1.29, 1.82) is 0 Å². The van der Waals surface area contributed by atoms with Gasteiger partial charge in [-0.3, -0.25) is 4.79 Å². The van der Waals surface area contributed by atoms with Gasteiger partial charge in [-0.05, 0) is 24.0 Å². The Bertz CT molecular complexity index is 495. The smallest absolute Gasteiger partial charge is 0.168 e. The van der Waals surface area contributed by atoms with E-state index in [4.69, 9.17) is 0 Å². The van der Waals surface area contributed by atoms with E-state index in [2.05, 4.69) is 18.2 Å². The van der Waals surface area contributed by atoms with Crippen molar-refractivity contribution in [3.63, 3.8) is 0 Å². The van der Waals surface area contributed by atoms with E-state index in [9.17, 15) is 4.79 Å². The zero-order valence-corrected chi connectivity index (χ0v) is 11.4. The summed E-state index contributed by atoms with van der Waals surface area (Å²) < 4.78 is 0. The van der Waals surface area contributed by atoms with Crippen LogP contribution in [-0.4, -0.2) is 5.78 Å². The average Bonchev–Trinajstić information content (AvgIpc) is 2.38. The van der Waals surface area contributed by atoms with E-state index in [0.717, 1.165) is 18.4 Å². The van der Waals surface area contributed by atoms with Gasteiger partial charge in [0.2, 0.25) is 0 Å². The molecule has 1 aliphatic carbocycles. The van der Waals surface area contributed by atoms with Crippen molar-refractivity contribution in [2.45, 2.75) is 33.6 Å². The Morgan fingerprint density at radius 1 is 1.06 bits per heavy atom. The molecule has 0 atom stereocenters. The van der Waals surface area contributed by atoms with Gasteiger partial charge >= 0.3 is 0 Å². The van der Waals surface area contributed by atoms with Crippen molar-refractivity contribution >= 4 is 11.4 Å². The third-order valence-electron chi connectivity index (χ3n) is 3.16. The highest BCUT2D eigenvalue weighted by atomic mass is 16.1. The largest absolute Gasteiger partial charge is 0.294 e. The lowest BCUT2D eigenvalue weighted by atomic mass is 9.86. The van der Waals surface area contributed by atoms with Gasteiger partial charge in [0.15, 0.2) is 5.78 Å². The number of ketones is 1. The monoisotopic (exact) mass is 240 g/mol. The van der Waals surface area contributed by atoms with Gasteiger partial charge < -0.3 is 0 Å². The summed E-state index contributed by atoms with van der Waals surface area (Å²) in [6.07, 6.45) is 8.84. The molecule has 2 rings (SSSR count). The highest BCUT2D eigenvalue weighted by molar-refractivity contribution is 6.00. The summed E-state index contributed by atoms with van der Waals surface area (Å²) in [5.74, 6) is 0.196. The molecule has 0 saturated carbocycles. The van der Waals surface area contributed by atoms with E-state index in [0.29, 0.717) is 0 Å². The van der Waals surface area contributed by atoms with E-state index in [1.165, 1.54) is 11.1 Å². The molecular weight excluding hydrogens is 220 g/mol. The first-order chi connectivity index (χ1) is 8.48. The van der Waals surface area contributed by atoms with Crippen LogP contribution in [0.4, 0.5) is 0 Å². The van der Waals surface area contributed by atoms with Crippen molar-refractivity contribution in [3.05, 3.63) is 53.6 Å². The van der Waals surface area contributed by atoms with Crippen LogP contribution in [0.15, 0.2) is 42.5 Å². The third kappa shape index (κ3) is 2.79. The molecule has 0 N–H and O–H groups in total. The minimum Gasteiger partial charge on any atom is -0.294 e. The van der Waals surface area contributed by atoms with Crippen molar-refractivity contribution < 1.29 is 4.79 Å². The van der Waals surface area contributed by atoms with E-state index in [1.54, 1.807) is 0 Å². The van der Waals surface area contributed by atoms with Crippen LogP contribution in [0.1, 0.15) is 49.5 Å². The quantitative estimate of drug-likeness (QED) is 0.688. The Hall–Kier alpha value is -1.63. The number of carbonyl (C=O) groups excluding carboxylic acids is 1. The van der Waals surface area contributed by atoms with Gasteiger partial charge in [-0.2, -0.15) is 0 Å². The molecule has 1 aromatic carbocycles. The highest BCUT2D eigenvalue weighted by Gasteiger charge is 2.22. The molecule has 1 nitrogen and oxygen atoms in total. The van der Waals surface area contributed by atoms with Crippen LogP contribution >= 0.6 is 0 Å². The fraction of sp³-hybridized carbons (Fsp3) is 0.353. The SMILES string of the molecule is CC(C)(C)C(=O)c1ccc(C2=CCCC=C2)cc1. The molecule has 0 bridgehead atoms. The maximum atomic E-state index is 12.1. The highest BCUT2D eigenvalue weighted by Crippen LogP contribution is 2.24. The first-order valence-corrected chi connectivity index (χ1v) is 6.50. The summed E-state index contributed by atoms with van der Waals surface area (Å²) in [4.78, 5) is 12.1. The number of allylic oxidation sites excluding steroid dienone is 4. The lowest BCUT2D eigenvalue weighted by Gasteiger charge is -2.17. The molecule has 0 fully saturated rings. The first-order valence-electron chi connectivity index (χ1n) is 6.50. The molecule has 0 amide bonds. The minimum absolute atomic E-state index is 0.196. The summed E-state index contributed by atoms with van der Waals surface area (Å²) in [5, 5.41) is 0. The molecule has 0 aromatic heterocycles. The number of rotatable bonds is 2. The van der Waals surface area contributed by atoms with Gasteiger partial charge in [0.25, 0.3) is 0 Å². The molecule has 1 aliphatic rings. The molecule has 0 unspecified atom stereocenters. The Morgan fingerprint density at radius 3 is 2.22 bits per heavy atom. The zero-order valence-electron chi connectivity index (χ0n) is 11.4. The van der Waals surface area contributed by atoms with E-state index in [-0.39, 0.29) is 11.2 Å². The second-order valence-electron chi connectivity index (χ2n) is 5.80. The summed E-state index contributed by atoms with van der Waals surface area (Å²) in [6, 6.07) is 7.96. The second-order valence-corrected chi connectivity index (χ2v) is 5.80. The van der Waals surface area contributed by atoms with Gasteiger partial charge in [-0.15, -0.1) is 0 Å². The fourth-order valence-corrected chi connectivity index (χ4v) is 2.07. The Balaban J connectivity index is 2.23. The van der Waals surface area contributed by atoms with Crippen LogP contribution in [0.3, 0.4) is 0 Å². The first kappa shape index (κ1) is 12.8. The third-order valence-corrected chi connectivity index (χ3v) is 3.16. The van der Waals surface area contributed by atoms with Gasteiger partial charge in [-0.1, -0.05) is 63.3 Å². The molecule has 1 heteroatoms. The van der Waals surface area contributed by atoms with Crippen molar-refractivity contribution in [2.24, 2.45) is 5.41 Å². The lowest BCUT2D eigenvalue weighted by Crippen LogP contribution is -2.20. The van der Waals surface area contributed by atoms with Crippen molar-refractivity contribution in [2.75, 3.05) is 0 Å². The average molecular weight is 240 g/mol.